The zero-order valence-corrected chi connectivity index (χ0v) is 14.0. The standard InChI is InChI=1S/C17H22N6O2/c24-17(22(15-2-3-15)9-14-5-6-25-10-14)20-8-13-1-4-16(19-7-13)23-12-18-11-21-23/h1,4,7,11-12,14-15H,2-3,5-6,8-10H2,(H,20,24)/t14-/m0/s1. The minimum atomic E-state index is 0.00903. The maximum absolute atomic E-state index is 12.6. The maximum Gasteiger partial charge on any atom is 0.317 e. The molecule has 25 heavy (non-hydrogen) atoms. The van der Waals surface area contributed by atoms with E-state index in [4.69, 9.17) is 4.74 Å². The summed E-state index contributed by atoms with van der Waals surface area (Å²) in [5.41, 5.74) is 0.956. The van der Waals surface area contributed by atoms with Gasteiger partial charge in [-0.25, -0.2) is 19.4 Å². The van der Waals surface area contributed by atoms with Crippen LogP contribution in [0.25, 0.3) is 5.82 Å². The van der Waals surface area contributed by atoms with E-state index in [1.165, 1.54) is 6.33 Å². The van der Waals surface area contributed by atoms with Gasteiger partial charge in [-0.3, -0.25) is 0 Å². The van der Waals surface area contributed by atoms with Crippen LogP contribution in [0.1, 0.15) is 24.8 Å². The van der Waals surface area contributed by atoms with Crippen LogP contribution in [-0.2, 0) is 11.3 Å². The fraction of sp³-hybridized carbons (Fsp3) is 0.529. The highest BCUT2D eigenvalue weighted by Gasteiger charge is 2.34. The third-order valence-corrected chi connectivity index (χ3v) is 4.63. The van der Waals surface area contributed by atoms with Gasteiger partial charge in [-0.2, -0.15) is 5.10 Å². The summed E-state index contributed by atoms with van der Waals surface area (Å²) in [4.78, 5) is 22.8. The molecule has 2 aromatic heterocycles. The first kappa shape index (κ1) is 16.0. The molecule has 8 nitrogen and oxygen atoms in total. The zero-order valence-electron chi connectivity index (χ0n) is 14.0. The number of hydrogen-bond acceptors (Lipinski definition) is 5. The molecule has 1 saturated heterocycles. The van der Waals surface area contributed by atoms with Crippen LogP contribution in [0.3, 0.4) is 0 Å². The molecule has 1 atom stereocenters. The molecular formula is C17H22N6O2. The van der Waals surface area contributed by atoms with Crippen molar-refractivity contribution in [2.75, 3.05) is 19.8 Å². The molecule has 1 aliphatic heterocycles. The van der Waals surface area contributed by atoms with Gasteiger partial charge >= 0.3 is 6.03 Å². The van der Waals surface area contributed by atoms with Gasteiger partial charge in [0.1, 0.15) is 12.7 Å². The Morgan fingerprint density at radius 1 is 1.36 bits per heavy atom. The normalized spacial score (nSPS) is 19.8. The highest BCUT2D eigenvalue weighted by molar-refractivity contribution is 5.75. The number of nitrogens with one attached hydrogen (secondary N) is 1. The van der Waals surface area contributed by atoms with Crippen molar-refractivity contribution in [1.82, 2.24) is 30.0 Å². The summed E-state index contributed by atoms with van der Waals surface area (Å²) in [7, 11) is 0. The van der Waals surface area contributed by atoms with Gasteiger partial charge in [0.05, 0.1) is 6.61 Å². The summed E-state index contributed by atoms with van der Waals surface area (Å²) >= 11 is 0. The summed E-state index contributed by atoms with van der Waals surface area (Å²) in [6.45, 7) is 2.84. The summed E-state index contributed by atoms with van der Waals surface area (Å²) in [6, 6.07) is 4.21. The smallest absolute Gasteiger partial charge is 0.317 e. The number of hydrogen-bond donors (Lipinski definition) is 1. The Morgan fingerprint density at radius 2 is 2.28 bits per heavy atom. The monoisotopic (exact) mass is 342 g/mol. The number of carbonyl (C=O) groups is 1. The molecule has 1 N–H and O–H groups in total. The van der Waals surface area contributed by atoms with E-state index in [2.05, 4.69) is 20.4 Å². The van der Waals surface area contributed by atoms with Crippen LogP contribution < -0.4 is 5.32 Å². The first-order valence-corrected chi connectivity index (χ1v) is 8.72. The lowest BCUT2D eigenvalue weighted by Crippen LogP contribution is -2.43. The second-order valence-electron chi connectivity index (χ2n) is 6.64. The third kappa shape index (κ3) is 3.96. The van der Waals surface area contributed by atoms with E-state index in [-0.39, 0.29) is 6.03 Å². The van der Waals surface area contributed by atoms with Crippen LogP contribution in [0.15, 0.2) is 31.0 Å². The molecule has 2 aliphatic rings. The number of amides is 2. The molecule has 0 aromatic carbocycles. The third-order valence-electron chi connectivity index (χ3n) is 4.63. The molecule has 3 heterocycles. The largest absolute Gasteiger partial charge is 0.381 e. The number of ether oxygens (including phenoxy) is 1. The summed E-state index contributed by atoms with van der Waals surface area (Å²) in [5.74, 6) is 1.17. The lowest BCUT2D eigenvalue weighted by Gasteiger charge is -2.25. The highest BCUT2D eigenvalue weighted by atomic mass is 16.5. The number of carbonyl (C=O) groups excluding carboxylic acids is 1. The summed E-state index contributed by atoms with van der Waals surface area (Å²) in [6.07, 6.45) is 8.08. The van der Waals surface area contributed by atoms with E-state index in [0.717, 1.165) is 44.6 Å². The van der Waals surface area contributed by atoms with Crippen molar-refractivity contribution in [1.29, 1.82) is 0 Å². The van der Waals surface area contributed by atoms with E-state index in [9.17, 15) is 4.79 Å². The molecule has 4 rings (SSSR count). The van der Waals surface area contributed by atoms with Crippen LogP contribution in [0.4, 0.5) is 4.79 Å². The average Bonchev–Trinajstić information content (AvgIpc) is 3.12. The van der Waals surface area contributed by atoms with Gasteiger partial charge in [0.2, 0.25) is 0 Å². The van der Waals surface area contributed by atoms with Gasteiger partial charge < -0.3 is 15.0 Å². The number of rotatable bonds is 6. The van der Waals surface area contributed by atoms with Crippen molar-refractivity contribution in [3.05, 3.63) is 36.5 Å². The molecule has 1 saturated carbocycles. The van der Waals surface area contributed by atoms with Crippen LogP contribution >= 0.6 is 0 Å². The summed E-state index contributed by atoms with van der Waals surface area (Å²) in [5, 5.41) is 7.07. The van der Waals surface area contributed by atoms with E-state index in [1.807, 2.05) is 17.0 Å². The lowest BCUT2D eigenvalue weighted by molar-refractivity contribution is 0.162. The maximum atomic E-state index is 12.6. The summed E-state index contributed by atoms with van der Waals surface area (Å²) < 4.78 is 7.03. The van der Waals surface area contributed by atoms with E-state index in [0.29, 0.717) is 24.3 Å². The first-order chi connectivity index (χ1) is 12.3. The second-order valence-corrected chi connectivity index (χ2v) is 6.64. The molecule has 0 bridgehead atoms. The van der Waals surface area contributed by atoms with Crippen LogP contribution in [-0.4, -0.2) is 56.5 Å². The van der Waals surface area contributed by atoms with E-state index in [1.54, 1.807) is 17.2 Å². The molecule has 2 amide bonds. The fourth-order valence-corrected chi connectivity index (χ4v) is 3.05. The highest BCUT2D eigenvalue weighted by Crippen LogP contribution is 2.29. The minimum Gasteiger partial charge on any atom is -0.381 e. The predicted octanol–water partition coefficient (Wildman–Crippen LogP) is 1.37. The van der Waals surface area contributed by atoms with Gasteiger partial charge in [-0.1, -0.05) is 6.07 Å². The molecule has 0 unspecified atom stereocenters. The number of nitrogens with zero attached hydrogens (tertiary/aromatic N) is 5. The van der Waals surface area contributed by atoms with Crippen LogP contribution in [0, 0.1) is 5.92 Å². The Labute approximate surface area is 146 Å². The second kappa shape index (κ2) is 7.18. The SMILES string of the molecule is O=C(NCc1ccc(-n2cncn2)nc1)N(C[C@@H]1CCOC1)C1CC1. The van der Waals surface area contributed by atoms with E-state index >= 15 is 0 Å². The van der Waals surface area contributed by atoms with Gasteiger partial charge in [-0.15, -0.1) is 0 Å². The van der Waals surface area contributed by atoms with Crippen molar-refractivity contribution in [3.8, 4) is 5.82 Å². The molecule has 132 valence electrons. The predicted molar refractivity (Wildman–Crippen MR) is 90.0 cm³/mol. The number of aromatic nitrogens is 4. The Hall–Kier alpha value is -2.48. The Morgan fingerprint density at radius 3 is 2.92 bits per heavy atom. The minimum absolute atomic E-state index is 0.00903. The lowest BCUT2D eigenvalue weighted by atomic mass is 10.1. The topological polar surface area (TPSA) is 85.2 Å². The molecule has 0 radical (unpaired) electrons. The van der Waals surface area contributed by atoms with Crippen LogP contribution in [0.2, 0.25) is 0 Å². The van der Waals surface area contributed by atoms with Gasteiger partial charge in [0.15, 0.2) is 5.82 Å². The average molecular weight is 342 g/mol. The van der Waals surface area contributed by atoms with Crippen molar-refractivity contribution < 1.29 is 9.53 Å². The first-order valence-electron chi connectivity index (χ1n) is 8.72. The Balaban J connectivity index is 1.32. The van der Waals surface area contributed by atoms with Gasteiger partial charge in [-0.05, 0) is 30.9 Å². The Bertz CT molecular complexity index is 692. The Kier molecular flexibility index (Phi) is 4.60. The molecular weight excluding hydrogens is 320 g/mol. The number of urea groups is 1. The molecule has 0 spiro atoms. The van der Waals surface area contributed by atoms with Crippen molar-refractivity contribution in [2.45, 2.75) is 31.8 Å². The quantitative estimate of drug-likeness (QED) is 0.857. The van der Waals surface area contributed by atoms with Crippen molar-refractivity contribution >= 4 is 6.03 Å². The van der Waals surface area contributed by atoms with Gasteiger partial charge in [0.25, 0.3) is 0 Å². The fourth-order valence-electron chi connectivity index (χ4n) is 3.05. The number of pyridine rings is 1. The van der Waals surface area contributed by atoms with Crippen LogP contribution in [0.5, 0.6) is 0 Å². The van der Waals surface area contributed by atoms with Crippen molar-refractivity contribution in [2.24, 2.45) is 5.92 Å². The molecule has 2 aromatic rings. The zero-order chi connectivity index (χ0) is 17.1. The molecule has 8 heteroatoms. The van der Waals surface area contributed by atoms with Crippen molar-refractivity contribution in [3.63, 3.8) is 0 Å². The van der Waals surface area contributed by atoms with E-state index < -0.39 is 0 Å². The van der Waals surface area contributed by atoms with Gasteiger partial charge in [0, 0.05) is 37.9 Å². The molecule has 1 aliphatic carbocycles. The molecule has 2 fully saturated rings.